The third-order valence-electron chi connectivity index (χ3n) is 2.73. The van der Waals surface area contributed by atoms with Gasteiger partial charge in [-0.15, -0.1) is 0 Å². The van der Waals surface area contributed by atoms with Gasteiger partial charge < -0.3 is 9.64 Å². The first kappa shape index (κ1) is 14.8. The lowest BCUT2D eigenvalue weighted by Crippen LogP contribution is -2.48. The number of piperidine rings is 1. The van der Waals surface area contributed by atoms with E-state index in [-0.39, 0.29) is 19.7 Å². The van der Waals surface area contributed by atoms with E-state index in [1.807, 2.05) is 6.92 Å². The summed E-state index contributed by atoms with van der Waals surface area (Å²) in [5, 5.41) is 0. The van der Waals surface area contributed by atoms with Crippen LogP contribution in [0.2, 0.25) is 0 Å². The lowest BCUT2D eigenvalue weighted by atomic mass is 9.98. The van der Waals surface area contributed by atoms with E-state index < -0.39 is 24.0 Å². The van der Waals surface area contributed by atoms with Crippen molar-refractivity contribution in [2.24, 2.45) is 5.92 Å². The summed E-state index contributed by atoms with van der Waals surface area (Å²) < 4.78 is 41.7. The molecule has 1 atom stereocenters. The zero-order valence-electron chi connectivity index (χ0n) is 10.1. The van der Waals surface area contributed by atoms with Crippen molar-refractivity contribution >= 4 is 11.9 Å². The van der Waals surface area contributed by atoms with Crippen LogP contribution < -0.4 is 0 Å². The lowest BCUT2D eigenvalue weighted by molar-refractivity contribution is -0.188. The number of hydrogen-bond donors (Lipinski definition) is 0. The van der Waals surface area contributed by atoms with Crippen molar-refractivity contribution in [3.63, 3.8) is 0 Å². The van der Waals surface area contributed by atoms with E-state index in [2.05, 4.69) is 0 Å². The van der Waals surface area contributed by atoms with Crippen molar-refractivity contribution in [2.75, 3.05) is 19.7 Å². The van der Waals surface area contributed by atoms with E-state index >= 15 is 0 Å². The predicted octanol–water partition coefficient (Wildman–Crippen LogP) is 1.74. The molecule has 4 nitrogen and oxygen atoms in total. The second-order valence-corrected chi connectivity index (χ2v) is 4.26. The molecule has 1 rings (SSSR count). The number of carbonyl (C=O) groups is 2. The van der Waals surface area contributed by atoms with E-state index in [9.17, 15) is 22.8 Å². The quantitative estimate of drug-likeness (QED) is 0.732. The van der Waals surface area contributed by atoms with E-state index in [1.165, 1.54) is 0 Å². The molecule has 0 aromatic rings. The maximum Gasteiger partial charge on any atom is 0.471 e. The molecule has 0 unspecified atom stereocenters. The Hall–Kier alpha value is -1.27. The molecule has 7 heteroatoms. The molecular formula is C11H16F3NO3. The normalized spacial score (nSPS) is 20.7. The van der Waals surface area contributed by atoms with Gasteiger partial charge in [0.15, 0.2) is 0 Å². The topological polar surface area (TPSA) is 46.6 Å². The van der Waals surface area contributed by atoms with Crippen LogP contribution in [0, 0.1) is 5.92 Å². The number of amides is 1. The average molecular weight is 267 g/mol. The molecule has 1 amide bonds. The number of halogens is 3. The minimum absolute atomic E-state index is 0.0376. The van der Waals surface area contributed by atoms with Crippen LogP contribution in [0.3, 0.4) is 0 Å². The Kier molecular flexibility index (Phi) is 4.98. The highest BCUT2D eigenvalue weighted by molar-refractivity contribution is 5.83. The van der Waals surface area contributed by atoms with Crippen LogP contribution >= 0.6 is 0 Å². The van der Waals surface area contributed by atoms with Crippen LogP contribution in [-0.4, -0.2) is 42.6 Å². The maximum absolute atomic E-state index is 12.3. The van der Waals surface area contributed by atoms with Gasteiger partial charge in [0, 0.05) is 13.1 Å². The van der Waals surface area contributed by atoms with E-state index in [0.717, 1.165) is 0 Å². The van der Waals surface area contributed by atoms with Gasteiger partial charge in [0.05, 0.1) is 12.5 Å². The van der Waals surface area contributed by atoms with Crippen LogP contribution in [0.15, 0.2) is 0 Å². The average Bonchev–Trinajstić information content (AvgIpc) is 2.34. The van der Waals surface area contributed by atoms with Crippen molar-refractivity contribution in [3.8, 4) is 0 Å². The summed E-state index contributed by atoms with van der Waals surface area (Å²) in [6, 6.07) is 0. The Labute approximate surface area is 103 Å². The Balaban J connectivity index is 2.56. The summed E-state index contributed by atoms with van der Waals surface area (Å²) in [4.78, 5) is 23.3. The number of ether oxygens (including phenoxy) is 1. The number of alkyl halides is 3. The monoisotopic (exact) mass is 267 g/mol. The molecule has 0 bridgehead atoms. The Morgan fingerprint density at radius 2 is 2.06 bits per heavy atom. The largest absolute Gasteiger partial charge is 0.471 e. The molecule has 0 aromatic carbocycles. The third kappa shape index (κ3) is 3.89. The molecule has 0 aromatic heterocycles. The Bertz CT molecular complexity index is 317. The summed E-state index contributed by atoms with van der Waals surface area (Å²) in [6.07, 6.45) is -3.38. The fourth-order valence-electron chi connectivity index (χ4n) is 1.85. The highest BCUT2D eigenvalue weighted by Crippen LogP contribution is 2.24. The van der Waals surface area contributed by atoms with Crippen molar-refractivity contribution in [1.29, 1.82) is 0 Å². The fourth-order valence-corrected chi connectivity index (χ4v) is 1.85. The van der Waals surface area contributed by atoms with Gasteiger partial charge in [0.25, 0.3) is 0 Å². The molecule has 104 valence electrons. The summed E-state index contributed by atoms with van der Waals surface area (Å²) >= 11 is 0. The summed E-state index contributed by atoms with van der Waals surface area (Å²) in [7, 11) is 0. The van der Waals surface area contributed by atoms with Gasteiger partial charge in [-0.25, -0.2) is 0 Å². The highest BCUT2D eigenvalue weighted by atomic mass is 19.4. The zero-order chi connectivity index (χ0) is 13.8. The van der Waals surface area contributed by atoms with E-state index in [1.54, 1.807) is 0 Å². The number of rotatable bonds is 3. The standard InChI is InChI=1S/C11H16F3NO3/c1-2-6-18-9(16)8-4-3-5-15(7-8)10(17)11(12,13)14/h8H,2-7H2,1H3/t8-/m1/s1. The van der Waals surface area contributed by atoms with E-state index in [4.69, 9.17) is 4.74 Å². The van der Waals surface area contributed by atoms with Crippen LogP contribution in [0.4, 0.5) is 13.2 Å². The number of carbonyl (C=O) groups excluding carboxylic acids is 2. The van der Waals surface area contributed by atoms with Crippen LogP contribution in [0.1, 0.15) is 26.2 Å². The minimum atomic E-state index is -4.88. The van der Waals surface area contributed by atoms with Gasteiger partial charge in [-0.3, -0.25) is 9.59 Å². The molecule has 0 spiro atoms. The van der Waals surface area contributed by atoms with Crippen molar-refractivity contribution in [1.82, 2.24) is 4.90 Å². The molecule has 0 N–H and O–H groups in total. The van der Waals surface area contributed by atoms with Gasteiger partial charge in [-0.1, -0.05) is 6.92 Å². The lowest BCUT2D eigenvalue weighted by Gasteiger charge is -2.31. The van der Waals surface area contributed by atoms with Crippen LogP contribution in [-0.2, 0) is 14.3 Å². The van der Waals surface area contributed by atoms with E-state index in [0.29, 0.717) is 24.2 Å². The third-order valence-corrected chi connectivity index (χ3v) is 2.73. The minimum Gasteiger partial charge on any atom is -0.465 e. The molecule has 18 heavy (non-hydrogen) atoms. The molecular weight excluding hydrogens is 251 g/mol. The highest BCUT2D eigenvalue weighted by Gasteiger charge is 2.44. The molecule has 1 heterocycles. The molecule has 0 aliphatic carbocycles. The first-order valence-electron chi connectivity index (χ1n) is 5.89. The van der Waals surface area contributed by atoms with Crippen molar-refractivity contribution in [2.45, 2.75) is 32.4 Å². The number of hydrogen-bond acceptors (Lipinski definition) is 3. The molecule has 0 radical (unpaired) electrons. The Morgan fingerprint density at radius 3 is 2.61 bits per heavy atom. The predicted molar refractivity (Wildman–Crippen MR) is 56.6 cm³/mol. The number of likely N-dealkylation sites (tertiary alicyclic amines) is 1. The zero-order valence-corrected chi connectivity index (χ0v) is 10.1. The van der Waals surface area contributed by atoms with Gasteiger partial charge in [0.2, 0.25) is 0 Å². The maximum atomic E-state index is 12.3. The van der Waals surface area contributed by atoms with Gasteiger partial charge >= 0.3 is 18.1 Å². The first-order chi connectivity index (χ1) is 8.36. The SMILES string of the molecule is CCCOC(=O)[C@@H]1CCCN(C(=O)C(F)(F)F)C1. The second kappa shape index (κ2) is 6.06. The van der Waals surface area contributed by atoms with Gasteiger partial charge in [0.1, 0.15) is 0 Å². The smallest absolute Gasteiger partial charge is 0.465 e. The molecule has 1 saturated heterocycles. The van der Waals surface area contributed by atoms with Crippen molar-refractivity contribution < 1.29 is 27.5 Å². The second-order valence-electron chi connectivity index (χ2n) is 4.26. The van der Waals surface area contributed by atoms with Crippen LogP contribution in [0.5, 0.6) is 0 Å². The van der Waals surface area contributed by atoms with Crippen LogP contribution in [0.25, 0.3) is 0 Å². The number of esters is 1. The van der Waals surface area contributed by atoms with Gasteiger partial charge in [-0.2, -0.15) is 13.2 Å². The summed E-state index contributed by atoms with van der Waals surface area (Å²) in [5.41, 5.74) is 0. The molecule has 1 aliphatic rings. The molecule has 0 saturated carbocycles. The van der Waals surface area contributed by atoms with Gasteiger partial charge in [-0.05, 0) is 19.3 Å². The summed E-state index contributed by atoms with van der Waals surface area (Å²) in [5.74, 6) is -3.04. The molecule has 1 fully saturated rings. The fraction of sp³-hybridized carbons (Fsp3) is 0.818. The molecule has 1 aliphatic heterocycles. The van der Waals surface area contributed by atoms with Crippen molar-refractivity contribution in [3.05, 3.63) is 0 Å². The Morgan fingerprint density at radius 1 is 1.39 bits per heavy atom. The first-order valence-corrected chi connectivity index (χ1v) is 5.89. The summed E-state index contributed by atoms with van der Waals surface area (Å²) in [6.45, 7) is 1.91. The number of nitrogens with zero attached hydrogens (tertiary/aromatic N) is 1.